The van der Waals surface area contributed by atoms with Crippen LogP contribution in [0.15, 0.2) is 28.7 Å². The van der Waals surface area contributed by atoms with E-state index in [4.69, 9.17) is 5.11 Å². The molecule has 1 N–H and O–H groups in total. The van der Waals surface area contributed by atoms with Crippen LogP contribution in [0.4, 0.5) is 13.2 Å². The van der Waals surface area contributed by atoms with Crippen molar-refractivity contribution >= 4 is 28.0 Å². The molecular weight excluding hydrogens is 317 g/mol. The van der Waals surface area contributed by atoms with E-state index in [9.17, 15) is 18.0 Å². The van der Waals surface area contributed by atoms with E-state index in [-0.39, 0.29) is 5.75 Å². The molecule has 0 fully saturated rings. The molecule has 0 aliphatic heterocycles. The fraction of sp³-hybridized carbons (Fsp3) is 0.182. The molecule has 7 heteroatoms. The van der Waals surface area contributed by atoms with Crippen molar-refractivity contribution in [3.8, 4) is 5.75 Å². The molecule has 1 aromatic carbocycles. The highest BCUT2D eigenvalue weighted by Crippen LogP contribution is 2.28. The summed E-state index contributed by atoms with van der Waals surface area (Å²) in [5, 5.41) is 8.42. The highest BCUT2D eigenvalue weighted by Gasteiger charge is 2.28. The molecule has 0 aliphatic carbocycles. The molecule has 0 spiro atoms. The number of benzene rings is 1. The molecular formula is C11H8BrF3O3. The van der Waals surface area contributed by atoms with E-state index in [2.05, 4.69) is 20.7 Å². The Balaban J connectivity index is 2.77. The van der Waals surface area contributed by atoms with Crippen LogP contribution in [0.5, 0.6) is 5.75 Å². The molecule has 0 unspecified atom stereocenters. The molecule has 0 saturated heterocycles. The largest absolute Gasteiger partial charge is 0.483 e. The van der Waals surface area contributed by atoms with Crippen molar-refractivity contribution in [2.24, 2.45) is 0 Å². The predicted molar refractivity (Wildman–Crippen MR) is 62.4 cm³/mol. The first-order chi connectivity index (χ1) is 8.28. The van der Waals surface area contributed by atoms with Crippen LogP contribution in [-0.4, -0.2) is 23.9 Å². The molecule has 0 amide bonds. The van der Waals surface area contributed by atoms with Gasteiger partial charge >= 0.3 is 12.1 Å². The average molecular weight is 325 g/mol. The Kier molecular flexibility index (Phi) is 4.77. The smallest absolute Gasteiger partial charge is 0.422 e. The molecule has 98 valence electrons. The first-order valence-electron chi connectivity index (χ1n) is 4.68. The normalized spacial score (nSPS) is 11.8. The lowest BCUT2D eigenvalue weighted by molar-refractivity contribution is -0.153. The SMILES string of the molecule is O=C(O)C=Cc1ccc(OCC(F)(F)F)c(Br)c1. The third-order valence-corrected chi connectivity index (χ3v) is 2.39. The Morgan fingerprint density at radius 3 is 2.61 bits per heavy atom. The summed E-state index contributed by atoms with van der Waals surface area (Å²) in [6.07, 6.45) is -2.15. The van der Waals surface area contributed by atoms with Gasteiger partial charge in [0.25, 0.3) is 0 Å². The summed E-state index contributed by atoms with van der Waals surface area (Å²) in [5.41, 5.74) is 0.531. The molecule has 0 radical (unpaired) electrons. The maximum atomic E-state index is 11.9. The zero-order valence-corrected chi connectivity index (χ0v) is 10.5. The van der Waals surface area contributed by atoms with Gasteiger partial charge in [0.15, 0.2) is 6.61 Å². The van der Waals surface area contributed by atoms with Crippen LogP contribution < -0.4 is 4.74 Å². The average Bonchev–Trinajstić information content (AvgIpc) is 2.23. The first-order valence-corrected chi connectivity index (χ1v) is 5.47. The molecule has 0 heterocycles. The Bertz CT molecular complexity index is 469. The minimum absolute atomic E-state index is 0.0415. The third-order valence-electron chi connectivity index (χ3n) is 1.77. The summed E-state index contributed by atoms with van der Waals surface area (Å²) in [6, 6.07) is 4.25. The summed E-state index contributed by atoms with van der Waals surface area (Å²) in [5.74, 6) is -1.07. The number of ether oxygens (including phenoxy) is 1. The van der Waals surface area contributed by atoms with E-state index in [1.807, 2.05) is 0 Å². The summed E-state index contributed by atoms with van der Waals surface area (Å²) < 4.78 is 40.7. The third kappa shape index (κ3) is 5.22. The minimum Gasteiger partial charge on any atom is -0.483 e. The van der Waals surface area contributed by atoms with E-state index >= 15 is 0 Å². The molecule has 1 aromatic rings. The first kappa shape index (κ1) is 14.6. The number of carbonyl (C=O) groups is 1. The topological polar surface area (TPSA) is 46.5 Å². The minimum atomic E-state index is -4.40. The Hall–Kier alpha value is -1.50. The van der Waals surface area contributed by atoms with Crippen molar-refractivity contribution < 1.29 is 27.8 Å². The lowest BCUT2D eigenvalue weighted by atomic mass is 10.2. The fourth-order valence-electron chi connectivity index (χ4n) is 1.06. The molecule has 0 aromatic heterocycles. The zero-order valence-electron chi connectivity index (χ0n) is 8.87. The molecule has 0 aliphatic rings. The van der Waals surface area contributed by atoms with Gasteiger partial charge in [0, 0.05) is 6.08 Å². The fourth-order valence-corrected chi connectivity index (χ4v) is 1.58. The van der Waals surface area contributed by atoms with Gasteiger partial charge in [-0.1, -0.05) is 6.07 Å². The van der Waals surface area contributed by atoms with Crippen LogP contribution in [0, 0.1) is 0 Å². The second-order valence-corrected chi connectivity index (χ2v) is 4.12. The van der Waals surface area contributed by atoms with Crippen LogP contribution in [0.3, 0.4) is 0 Å². The van der Waals surface area contributed by atoms with E-state index in [0.717, 1.165) is 6.08 Å². The predicted octanol–water partition coefficient (Wildman–Crippen LogP) is 3.49. The number of hydrogen-bond donors (Lipinski definition) is 1. The number of rotatable bonds is 4. The van der Waals surface area contributed by atoms with E-state index in [0.29, 0.717) is 10.0 Å². The standard InChI is InChI=1S/C11H8BrF3O3/c12-8-5-7(2-4-10(16)17)1-3-9(8)18-6-11(13,14)15/h1-5H,6H2,(H,16,17). The van der Waals surface area contributed by atoms with Gasteiger partial charge in [-0.05, 0) is 39.7 Å². The number of carboxylic acids is 1. The molecule has 18 heavy (non-hydrogen) atoms. The van der Waals surface area contributed by atoms with Gasteiger partial charge in [-0.25, -0.2) is 4.79 Å². The maximum Gasteiger partial charge on any atom is 0.422 e. The van der Waals surface area contributed by atoms with Crippen LogP contribution in [0.1, 0.15) is 5.56 Å². The van der Waals surface area contributed by atoms with Crippen LogP contribution in [0.25, 0.3) is 6.08 Å². The van der Waals surface area contributed by atoms with Crippen molar-refractivity contribution in [2.45, 2.75) is 6.18 Å². The van der Waals surface area contributed by atoms with Gasteiger partial charge < -0.3 is 9.84 Å². The van der Waals surface area contributed by atoms with E-state index < -0.39 is 18.8 Å². The molecule has 3 nitrogen and oxygen atoms in total. The van der Waals surface area contributed by atoms with Crippen molar-refractivity contribution in [1.82, 2.24) is 0 Å². The van der Waals surface area contributed by atoms with E-state index in [1.165, 1.54) is 24.3 Å². The Morgan fingerprint density at radius 1 is 1.44 bits per heavy atom. The van der Waals surface area contributed by atoms with Crippen molar-refractivity contribution in [3.63, 3.8) is 0 Å². The molecule has 0 atom stereocenters. The molecule has 0 saturated carbocycles. The number of carboxylic acid groups (broad SMARTS) is 1. The van der Waals surface area contributed by atoms with Crippen molar-refractivity contribution in [3.05, 3.63) is 34.3 Å². The van der Waals surface area contributed by atoms with Gasteiger partial charge in [0.1, 0.15) is 5.75 Å². The van der Waals surface area contributed by atoms with Gasteiger partial charge in [0.2, 0.25) is 0 Å². The van der Waals surface area contributed by atoms with Gasteiger partial charge in [-0.3, -0.25) is 0 Å². The Morgan fingerprint density at radius 2 is 2.11 bits per heavy atom. The molecule has 1 rings (SSSR count). The molecule has 0 bridgehead atoms. The van der Waals surface area contributed by atoms with Crippen molar-refractivity contribution in [2.75, 3.05) is 6.61 Å². The number of aliphatic carboxylic acids is 1. The summed E-state index contributed by atoms with van der Waals surface area (Å²) in [7, 11) is 0. The van der Waals surface area contributed by atoms with Gasteiger partial charge in [-0.15, -0.1) is 0 Å². The van der Waals surface area contributed by atoms with Crippen LogP contribution >= 0.6 is 15.9 Å². The lowest BCUT2D eigenvalue weighted by Crippen LogP contribution is -2.19. The number of hydrogen-bond acceptors (Lipinski definition) is 2. The zero-order chi connectivity index (χ0) is 13.8. The summed E-state index contributed by atoms with van der Waals surface area (Å²) >= 11 is 3.05. The van der Waals surface area contributed by atoms with Gasteiger partial charge in [-0.2, -0.15) is 13.2 Å². The second-order valence-electron chi connectivity index (χ2n) is 3.27. The second kappa shape index (κ2) is 5.90. The summed E-state index contributed by atoms with van der Waals surface area (Å²) in [4.78, 5) is 10.3. The van der Waals surface area contributed by atoms with Crippen LogP contribution in [0.2, 0.25) is 0 Å². The van der Waals surface area contributed by atoms with Crippen molar-refractivity contribution in [1.29, 1.82) is 0 Å². The van der Waals surface area contributed by atoms with Crippen LogP contribution in [-0.2, 0) is 4.79 Å². The lowest BCUT2D eigenvalue weighted by Gasteiger charge is -2.10. The number of halogens is 4. The highest BCUT2D eigenvalue weighted by atomic mass is 79.9. The highest BCUT2D eigenvalue weighted by molar-refractivity contribution is 9.10. The monoisotopic (exact) mass is 324 g/mol. The summed E-state index contributed by atoms with van der Waals surface area (Å²) in [6.45, 7) is -1.38. The van der Waals surface area contributed by atoms with Gasteiger partial charge in [0.05, 0.1) is 4.47 Å². The quantitative estimate of drug-likeness (QED) is 0.862. The Labute approximate surface area is 109 Å². The maximum absolute atomic E-state index is 11.9. The number of alkyl halides is 3. The van der Waals surface area contributed by atoms with E-state index in [1.54, 1.807) is 0 Å².